The van der Waals surface area contributed by atoms with Gasteiger partial charge in [-0.25, -0.2) is 0 Å². The number of ketones is 1. The van der Waals surface area contributed by atoms with E-state index in [0.29, 0.717) is 23.7 Å². The summed E-state index contributed by atoms with van der Waals surface area (Å²) < 4.78 is 0. The van der Waals surface area contributed by atoms with Crippen molar-refractivity contribution in [3.05, 3.63) is 29.3 Å². The minimum atomic E-state index is -0.728. The number of Topliss-reactive ketones (excluding diaryl/α,β-unsaturated/α-hetero) is 1. The predicted molar refractivity (Wildman–Crippen MR) is 95.4 cm³/mol. The van der Waals surface area contributed by atoms with E-state index in [2.05, 4.69) is 10.6 Å². The predicted octanol–water partition coefficient (Wildman–Crippen LogP) is 1.80. The first-order valence-electron chi connectivity index (χ1n) is 7.83. The lowest BCUT2D eigenvalue weighted by Gasteiger charge is -2.32. The number of nitrogens with one attached hydrogen (secondary N) is 2. The zero-order valence-electron chi connectivity index (χ0n) is 13.9. The molecule has 0 aromatic heterocycles. The van der Waals surface area contributed by atoms with Crippen molar-refractivity contribution in [1.82, 2.24) is 5.32 Å². The van der Waals surface area contributed by atoms with Crippen molar-refractivity contribution in [2.75, 3.05) is 11.9 Å². The fourth-order valence-corrected chi connectivity index (χ4v) is 2.76. The Hall–Kier alpha value is -1.92. The van der Waals surface area contributed by atoms with Gasteiger partial charge in [0.1, 0.15) is 0 Å². The second-order valence-electron chi connectivity index (χ2n) is 6.18. The summed E-state index contributed by atoms with van der Waals surface area (Å²) in [6.07, 6.45) is 2.81. The van der Waals surface area contributed by atoms with Crippen LogP contribution in [0.5, 0.6) is 0 Å². The highest BCUT2D eigenvalue weighted by Gasteiger charge is 2.25. The van der Waals surface area contributed by atoms with Gasteiger partial charge in [-0.05, 0) is 56.7 Å². The van der Waals surface area contributed by atoms with Crippen LogP contribution in [-0.2, 0) is 9.59 Å². The molecule has 6 nitrogen and oxygen atoms in total. The van der Waals surface area contributed by atoms with Gasteiger partial charge in [0.2, 0.25) is 0 Å². The number of benzene rings is 1. The highest BCUT2D eigenvalue weighted by Crippen LogP contribution is 2.27. The first kappa shape index (κ1) is 20.1. The van der Waals surface area contributed by atoms with Gasteiger partial charge in [-0.2, -0.15) is 0 Å². The van der Waals surface area contributed by atoms with Crippen LogP contribution >= 0.6 is 12.4 Å². The van der Waals surface area contributed by atoms with Crippen molar-refractivity contribution in [2.45, 2.75) is 39.2 Å². The molecule has 2 rings (SSSR count). The molecule has 0 unspecified atom stereocenters. The van der Waals surface area contributed by atoms with E-state index in [-0.39, 0.29) is 24.2 Å². The number of hydrogen-bond acceptors (Lipinski definition) is 4. The number of aryl methyl sites for hydroxylation is 1. The van der Waals surface area contributed by atoms with Crippen LogP contribution in [0.2, 0.25) is 0 Å². The van der Waals surface area contributed by atoms with Crippen molar-refractivity contribution in [3.8, 4) is 0 Å². The molecule has 0 aliphatic heterocycles. The van der Waals surface area contributed by atoms with Crippen molar-refractivity contribution in [1.29, 1.82) is 0 Å². The minimum Gasteiger partial charge on any atom is -0.348 e. The van der Waals surface area contributed by atoms with E-state index >= 15 is 0 Å². The number of halogens is 1. The number of hydrogen-bond donors (Lipinski definition) is 3. The molecule has 0 saturated heterocycles. The molecule has 0 atom stereocenters. The van der Waals surface area contributed by atoms with Crippen molar-refractivity contribution < 1.29 is 14.4 Å². The van der Waals surface area contributed by atoms with E-state index < -0.39 is 11.8 Å². The van der Waals surface area contributed by atoms with Gasteiger partial charge in [-0.15, -0.1) is 12.4 Å². The van der Waals surface area contributed by atoms with Crippen LogP contribution in [0.25, 0.3) is 0 Å². The van der Waals surface area contributed by atoms with E-state index in [1.165, 1.54) is 6.92 Å². The summed E-state index contributed by atoms with van der Waals surface area (Å²) in [5.74, 6) is -0.933. The molecule has 0 radical (unpaired) electrons. The average molecular weight is 354 g/mol. The summed E-state index contributed by atoms with van der Waals surface area (Å²) in [5, 5.41) is 5.12. The normalized spacial score (nSPS) is 18.8. The standard InChI is InChI=1S/C17H23N3O3.ClH/c1-10-3-4-14(9-15(10)11(2)21)20-17(23)16(22)19-6-5-12-7-13(18)8-12;/h3-4,9,12-13H,5-8,18H2,1-2H3,(H,19,22)(H,20,23);1H. The van der Waals surface area contributed by atoms with Crippen molar-refractivity contribution >= 4 is 35.7 Å². The molecule has 24 heavy (non-hydrogen) atoms. The number of carbonyl (C=O) groups is 3. The largest absolute Gasteiger partial charge is 0.348 e. The smallest absolute Gasteiger partial charge is 0.313 e. The molecule has 1 aromatic carbocycles. The van der Waals surface area contributed by atoms with E-state index in [4.69, 9.17) is 5.73 Å². The topological polar surface area (TPSA) is 101 Å². The van der Waals surface area contributed by atoms with Gasteiger partial charge < -0.3 is 16.4 Å². The first-order chi connectivity index (χ1) is 10.9. The molecular formula is C17H24ClN3O3. The summed E-state index contributed by atoms with van der Waals surface area (Å²) in [4.78, 5) is 35.1. The van der Waals surface area contributed by atoms with Gasteiger partial charge in [0.15, 0.2) is 5.78 Å². The molecule has 1 aliphatic carbocycles. The Morgan fingerprint density at radius 2 is 1.88 bits per heavy atom. The van der Waals surface area contributed by atoms with E-state index in [9.17, 15) is 14.4 Å². The summed E-state index contributed by atoms with van der Waals surface area (Å²) in [6.45, 7) is 3.75. The number of rotatable bonds is 5. The van der Waals surface area contributed by atoms with Crippen LogP contribution < -0.4 is 16.4 Å². The Morgan fingerprint density at radius 3 is 2.46 bits per heavy atom. The lowest BCUT2D eigenvalue weighted by Crippen LogP contribution is -2.40. The maximum Gasteiger partial charge on any atom is 0.313 e. The molecule has 4 N–H and O–H groups in total. The summed E-state index contributed by atoms with van der Waals surface area (Å²) in [5.41, 5.74) is 7.50. The van der Waals surface area contributed by atoms with Gasteiger partial charge in [-0.3, -0.25) is 14.4 Å². The van der Waals surface area contributed by atoms with Gasteiger partial charge in [0.05, 0.1) is 0 Å². The lowest BCUT2D eigenvalue weighted by molar-refractivity contribution is -0.136. The van der Waals surface area contributed by atoms with Gasteiger partial charge >= 0.3 is 11.8 Å². The lowest BCUT2D eigenvalue weighted by atomic mass is 9.79. The number of nitrogens with two attached hydrogens (primary N) is 1. The minimum absolute atomic E-state index is 0. The molecule has 0 spiro atoms. The van der Waals surface area contributed by atoms with Gasteiger partial charge in [0, 0.05) is 23.8 Å². The molecule has 1 fully saturated rings. The van der Waals surface area contributed by atoms with E-state index in [1.54, 1.807) is 18.2 Å². The van der Waals surface area contributed by atoms with E-state index in [0.717, 1.165) is 24.8 Å². The number of anilines is 1. The third-order valence-corrected chi connectivity index (χ3v) is 4.19. The summed E-state index contributed by atoms with van der Waals surface area (Å²) >= 11 is 0. The highest BCUT2D eigenvalue weighted by atomic mass is 35.5. The zero-order valence-corrected chi connectivity index (χ0v) is 14.7. The van der Waals surface area contributed by atoms with Crippen LogP contribution in [0, 0.1) is 12.8 Å². The molecule has 1 saturated carbocycles. The van der Waals surface area contributed by atoms with Gasteiger partial charge in [0.25, 0.3) is 0 Å². The second-order valence-corrected chi connectivity index (χ2v) is 6.18. The Balaban J connectivity index is 0.00000288. The van der Waals surface area contributed by atoms with Crippen LogP contribution in [0.15, 0.2) is 18.2 Å². The summed E-state index contributed by atoms with van der Waals surface area (Å²) in [6, 6.07) is 5.28. The molecular weight excluding hydrogens is 330 g/mol. The maximum atomic E-state index is 11.9. The average Bonchev–Trinajstić information content (AvgIpc) is 2.46. The molecule has 1 aromatic rings. The Morgan fingerprint density at radius 1 is 1.21 bits per heavy atom. The van der Waals surface area contributed by atoms with E-state index in [1.807, 2.05) is 6.92 Å². The number of carbonyl (C=O) groups excluding carboxylic acids is 3. The quantitative estimate of drug-likeness (QED) is 0.555. The molecule has 0 bridgehead atoms. The second kappa shape index (κ2) is 8.80. The van der Waals surface area contributed by atoms with Crippen LogP contribution in [0.1, 0.15) is 42.1 Å². The fourth-order valence-electron chi connectivity index (χ4n) is 2.76. The van der Waals surface area contributed by atoms with Crippen LogP contribution in [-0.4, -0.2) is 30.2 Å². The molecule has 1 aliphatic rings. The zero-order chi connectivity index (χ0) is 17.0. The third kappa shape index (κ3) is 5.32. The maximum absolute atomic E-state index is 11.9. The SMILES string of the molecule is CC(=O)c1cc(NC(=O)C(=O)NCCC2CC(N)C2)ccc1C.Cl. The Labute approximate surface area is 148 Å². The highest BCUT2D eigenvalue weighted by molar-refractivity contribution is 6.39. The Kier molecular flexibility index (Phi) is 7.38. The third-order valence-electron chi connectivity index (χ3n) is 4.19. The Bertz CT molecular complexity index is 628. The molecule has 0 heterocycles. The summed E-state index contributed by atoms with van der Waals surface area (Å²) in [7, 11) is 0. The number of amides is 2. The van der Waals surface area contributed by atoms with Crippen molar-refractivity contribution in [3.63, 3.8) is 0 Å². The van der Waals surface area contributed by atoms with Crippen molar-refractivity contribution in [2.24, 2.45) is 11.7 Å². The molecule has 7 heteroatoms. The molecule has 2 amide bonds. The monoisotopic (exact) mass is 353 g/mol. The van der Waals surface area contributed by atoms with Gasteiger partial charge in [-0.1, -0.05) is 6.07 Å². The van der Waals surface area contributed by atoms with Crippen LogP contribution in [0.3, 0.4) is 0 Å². The fraction of sp³-hybridized carbons (Fsp3) is 0.471. The first-order valence-corrected chi connectivity index (χ1v) is 7.83. The molecule has 132 valence electrons. The van der Waals surface area contributed by atoms with Crippen LogP contribution in [0.4, 0.5) is 5.69 Å².